The number of Topliss-reactive ketones (excluding diaryl/α,β-unsaturated/α-hetero) is 1. The molecule has 2 unspecified atom stereocenters. The summed E-state index contributed by atoms with van der Waals surface area (Å²) < 4.78 is 13.2. The molecule has 116 valence electrons. The van der Waals surface area contributed by atoms with Gasteiger partial charge in [0.25, 0.3) is 0 Å². The first-order valence-electron chi connectivity index (χ1n) is 6.84. The summed E-state index contributed by atoms with van der Waals surface area (Å²) in [7, 11) is 0. The summed E-state index contributed by atoms with van der Waals surface area (Å²) in [5, 5.41) is 9.02. The highest BCUT2D eigenvalue weighted by atomic mass is 35.5. The van der Waals surface area contributed by atoms with Crippen LogP contribution in [0.25, 0.3) is 0 Å². The summed E-state index contributed by atoms with van der Waals surface area (Å²) in [5.41, 5.74) is 0.114. The second kappa shape index (κ2) is 5.69. The number of rotatable bonds is 2. The number of nitriles is 1. The van der Waals surface area contributed by atoms with E-state index < -0.39 is 29.1 Å². The maximum Gasteiger partial charge on any atom is 0.248 e. The Bertz CT molecular complexity index is 676. The Labute approximate surface area is 133 Å². The lowest BCUT2D eigenvalue weighted by atomic mass is 9.83. The van der Waals surface area contributed by atoms with Crippen LogP contribution in [-0.2, 0) is 16.1 Å². The predicted molar refractivity (Wildman–Crippen MR) is 79.3 cm³/mol. The summed E-state index contributed by atoms with van der Waals surface area (Å²) in [4.78, 5) is 26.1. The van der Waals surface area contributed by atoms with E-state index in [1.54, 1.807) is 6.07 Å². The Hall–Kier alpha value is -1.93. The number of amides is 1. The summed E-state index contributed by atoms with van der Waals surface area (Å²) in [6.45, 7) is 5.64. The van der Waals surface area contributed by atoms with Crippen molar-refractivity contribution < 1.29 is 14.0 Å². The first-order valence-corrected chi connectivity index (χ1v) is 7.22. The third kappa shape index (κ3) is 2.84. The molecule has 1 aromatic rings. The molecule has 4 nitrogen and oxygen atoms in total. The lowest BCUT2D eigenvalue weighted by molar-refractivity contribution is -0.132. The van der Waals surface area contributed by atoms with Crippen LogP contribution in [0.5, 0.6) is 0 Å². The zero-order valence-electron chi connectivity index (χ0n) is 12.6. The van der Waals surface area contributed by atoms with E-state index in [0.717, 1.165) is 0 Å². The van der Waals surface area contributed by atoms with Crippen LogP contribution in [0.3, 0.4) is 0 Å². The van der Waals surface area contributed by atoms with Crippen molar-refractivity contribution in [3.8, 4) is 6.07 Å². The van der Waals surface area contributed by atoms with E-state index in [-0.39, 0.29) is 17.4 Å². The summed E-state index contributed by atoms with van der Waals surface area (Å²) in [6.07, 6.45) is 0. The molecule has 22 heavy (non-hydrogen) atoms. The van der Waals surface area contributed by atoms with Gasteiger partial charge in [0.15, 0.2) is 11.7 Å². The second-order valence-corrected chi connectivity index (χ2v) is 6.85. The smallest absolute Gasteiger partial charge is 0.248 e. The summed E-state index contributed by atoms with van der Waals surface area (Å²) in [6, 6.07) is 5.24. The first kappa shape index (κ1) is 16.4. The van der Waals surface area contributed by atoms with Crippen LogP contribution >= 0.6 is 11.6 Å². The van der Waals surface area contributed by atoms with Gasteiger partial charge in [-0.3, -0.25) is 9.59 Å². The molecule has 0 N–H and O–H groups in total. The molecule has 0 aliphatic carbocycles. The van der Waals surface area contributed by atoms with Gasteiger partial charge >= 0.3 is 0 Å². The fourth-order valence-corrected chi connectivity index (χ4v) is 2.95. The van der Waals surface area contributed by atoms with E-state index in [1.807, 2.05) is 20.8 Å². The molecule has 1 aliphatic rings. The number of benzene rings is 1. The number of hydrogen-bond acceptors (Lipinski definition) is 3. The maximum absolute atomic E-state index is 13.2. The lowest BCUT2D eigenvalue weighted by Gasteiger charge is -2.33. The Morgan fingerprint density at radius 1 is 1.36 bits per heavy atom. The highest BCUT2D eigenvalue weighted by Crippen LogP contribution is 2.35. The molecule has 0 aromatic heterocycles. The number of carbonyl (C=O) groups excluding carboxylic acids is 2. The lowest BCUT2D eigenvalue weighted by Crippen LogP contribution is -2.44. The molecule has 0 spiro atoms. The van der Waals surface area contributed by atoms with Crippen molar-refractivity contribution in [1.29, 1.82) is 5.26 Å². The van der Waals surface area contributed by atoms with Crippen LogP contribution in [0.2, 0.25) is 5.02 Å². The minimum absolute atomic E-state index is 0.0420. The molecule has 1 aliphatic heterocycles. The van der Waals surface area contributed by atoms with Crippen molar-refractivity contribution in [2.45, 2.75) is 33.4 Å². The van der Waals surface area contributed by atoms with E-state index in [0.29, 0.717) is 5.56 Å². The van der Waals surface area contributed by atoms with Gasteiger partial charge in [-0.15, -0.1) is 0 Å². The highest BCUT2D eigenvalue weighted by Gasteiger charge is 2.51. The molecular weight excluding hydrogens is 307 g/mol. The molecule has 2 rings (SSSR count). The fraction of sp³-hybridized carbons (Fsp3) is 0.438. The maximum atomic E-state index is 13.2. The van der Waals surface area contributed by atoms with E-state index in [9.17, 15) is 14.0 Å². The van der Waals surface area contributed by atoms with Crippen LogP contribution in [0.1, 0.15) is 26.3 Å². The molecule has 1 fully saturated rings. The van der Waals surface area contributed by atoms with Gasteiger partial charge in [-0.2, -0.15) is 5.26 Å². The van der Waals surface area contributed by atoms with Crippen LogP contribution in [0.4, 0.5) is 4.39 Å². The topological polar surface area (TPSA) is 61.2 Å². The van der Waals surface area contributed by atoms with Crippen molar-refractivity contribution in [1.82, 2.24) is 4.90 Å². The summed E-state index contributed by atoms with van der Waals surface area (Å²) in [5.74, 6) is -2.70. The number of carbonyl (C=O) groups is 2. The van der Waals surface area contributed by atoms with Gasteiger partial charge in [0.05, 0.1) is 17.1 Å². The fourth-order valence-electron chi connectivity index (χ4n) is 2.74. The quantitative estimate of drug-likeness (QED) is 0.786. The number of ketones is 1. The largest absolute Gasteiger partial charge is 0.326 e. The number of halogens is 2. The van der Waals surface area contributed by atoms with Crippen LogP contribution in [0.15, 0.2) is 18.2 Å². The monoisotopic (exact) mass is 322 g/mol. The minimum Gasteiger partial charge on any atom is -0.326 e. The van der Waals surface area contributed by atoms with Gasteiger partial charge in [-0.05, 0) is 23.1 Å². The Morgan fingerprint density at radius 2 is 2.00 bits per heavy atom. The van der Waals surface area contributed by atoms with Crippen molar-refractivity contribution in [2.75, 3.05) is 0 Å². The van der Waals surface area contributed by atoms with Crippen molar-refractivity contribution >= 4 is 23.3 Å². The summed E-state index contributed by atoms with van der Waals surface area (Å²) >= 11 is 5.75. The standard InChI is InChI=1S/C16H16ClFN2O2/c1-16(2,3)14-13(21)10(7-19)15(22)20(14)8-9-4-5-12(18)11(17)6-9/h4-6,10,14H,8H2,1-3H3. The average Bonchev–Trinajstić information content (AvgIpc) is 2.64. The second-order valence-electron chi connectivity index (χ2n) is 6.45. The van der Waals surface area contributed by atoms with Gasteiger partial charge in [0, 0.05) is 6.54 Å². The van der Waals surface area contributed by atoms with Gasteiger partial charge in [-0.1, -0.05) is 38.4 Å². The van der Waals surface area contributed by atoms with E-state index >= 15 is 0 Å². The third-order valence-electron chi connectivity index (χ3n) is 3.68. The zero-order chi connectivity index (χ0) is 16.7. The normalized spacial score (nSPS) is 22.1. The van der Waals surface area contributed by atoms with E-state index in [2.05, 4.69) is 0 Å². The molecule has 2 atom stereocenters. The van der Waals surface area contributed by atoms with Gasteiger partial charge < -0.3 is 4.90 Å². The molecular formula is C16H16ClFN2O2. The van der Waals surface area contributed by atoms with Gasteiger partial charge in [0.1, 0.15) is 5.82 Å². The third-order valence-corrected chi connectivity index (χ3v) is 3.97. The Kier molecular flexibility index (Phi) is 4.25. The van der Waals surface area contributed by atoms with E-state index in [4.69, 9.17) is 16.9 Å². The van der Waals surface area contributed by atoms with Crippen molar-refractivity contribution in [2.24, 2.45) is 11.3 Å². The van der Waals surface area contributed by atoms with Crippen molar-refractivity contribution in [3.05, 3.63) is 34.6 Å². The average molecular weight is 323 g/mol. The SMILES string of the molecule is CC(C)(C)C1C(=O)C(C#N)C(=O)N1Cc1ccc(F)c(Cl)c1. The molecule has 6 heteroatoms. The number of likely N-dealkylation sites (tertiary alicyclic amines) is 1. The van der Waals surface area contributed by atoms with Crippen molar-refractivity contribution in [3.63, 3.8) is 0 Å². The first-order chi connectivity index (χ1) is 10.2. The molecule has 1 heterocycles. The molecule has 0 bridgehead atoms. The molecule has 0 saturated carbocycles. The van der Waals surface area contributed by atoms with Crippen LogP contribution < -0.4 is 0 Å². The molecule has 1 saturated heterocycles. The molecule has 0 radical (unpaired) electrons. The Morgan fingerprint density at radius 3 is 2.50 bits per heavy atom. The minimum atomic E-state index is -1.26. The van der Waals surface area contributed by atoms with E-state index in [1.165, 1.54) is 23.1 Å². The van der Waals surface area contributed by atoms with Gasteiger partial charge in [-0.25, -0.2) is 4.39 Å². The van der Waals surface area contributed by atoms with Gasteiger partial charge in [0.2, 0.25) is 5.91 Å². The van der Waals surface area contributed by atoms with Crippen LogP contribution in [-0.4, -0.2) is 22.6 Å². The zero-order valence-corrected chi connectivity index (χ0v) is 13.3. The highest BCUT2D eigenvalue weighted by molar-refractivity contribution is 6.30. The molecule has 1 amide bonds. The molecule has 1 aromatic carbocycles. The number of hydrogen-bond donors (Lipinski definition) is 0. The number of nitrogens with zero attached hydrogens (tertiary/aromatic N) is 2. The predicted octanol–water partition coefficient (Wildman–Crippen LogP) is 2.94. The van der Waals surface area contributed by atoms with Crippen LogP contribution in [0, 0.1) is 28.5 Å². The Balaban J connectivity index is 2.38.